The lowest BCUT2D eigenvalue weighted by Gasteiger charge is -2.14. The van der Waals surface area contributed by atoms with Gasteiger partial charge in [-0.15, -0.1) is 0 Å². The molecule has 1 aliphatic heterocycles. The molecule has 174 valence electrons. The van der Waals surface area contributed by atoms with E-state index in [0.717, 1.165) is 11.8 Å². The van der Waals surface area contributed by atoms with Crippen LogP contribution in [0.3, 0.4) is 0 Å². The Hall–Kier alpha value is -2.62. The molecule has 0 radical (unpaired) electrons. The quantitative estimate of drug-likeness (QED) is 0.261. The number of carbonyl (C=O) groups excluding carboxylic acids is 2. The second-order valence-corrected chi connectivity index (χ2v) is 8.87. The number of rotatable bonds is 9. The van der Waals surface area contributed by atoms with Gasteiger partial charge in [-0.1, -0.05) is 47.7 Å². The van der Waals surface area contributed by atoms with E-state index in [1.165, 1.54) is 24.1 Å². The van der Waals surface area contributed by atoms with Gasteiger partial charge >= 0.3 is 5.97 Å². The van der Waals surface area contributed by atoms with Crippen molar-refractivity contribution >= 4 is 57.9 Å². The maximum Gasteiger partial charge on any atom is 0.307 e. The summed E-state index contributed by atoms with van der Waals surface area (Å²) in [5.41, 5.74) is 0.949. The van der Waals surface area contributed by atoms with Gasteiger partial charge in [-0.25, -0.2) is 4.39 Å². The van der Waals surface area contributed by atoms with Gasteiger partial charge in [-0.2, -0.15) is 0 Å². The number of methoxy groups -OCH3 is 1. The fourth-order valence-corrected chi connectivity index (χ4v) is 4.50. The summed E-state index contributed by atoms with van der Waals surface area (Å²) in [6.07, 6.45) is 1.75. The maximum absolute atomic E-state index is 14.0. The van der Waals surface area contributed by atoms with Gasteiger partial charge in [0.1, 0.15) is 16.7 Å². The summed E-state index contributed by atoms with van der Waals surface area (Å²) in [7, 11) is 1.29. The summed E-state index contributed by atoms with van der Waals surface area (Å²) < 4.78 is 30.5. The second-order valence-electron chi connectivity index (χ2n) is 6.79. The number of halogens is 2. The van der Waals surface area contributed by atoms with Crippen molar-refractivity contribution in [2.24, 2.45) is 0 Å². The number of ether oxygens (including phenoxy) is 3. The summed E-state index contributed by atoms with van der Waals surface area (Å²) in [6, 6.07) is 9.60. The Balaban J connectivity index is 1.77. The first-order chi connectivity index (χ1) is 15.8. The average molecular weight is 510 g/mol. The lowest BCUT2D eigenvalue weighted by Crippen LogP contribution is -2.30. The van der Waals surface area contributed by atoms with Crippen molar-refractivity contribution in [1.29, 1.82) is 0 Å². The first-order valence-corrected chi connectivity index (χ1v) is 11.6. The molecule has 1 amide bonds. The summed E-state index contributed by atoms with van der Waals surface area (Å²) in [5, 5.41) is 0.277. The van der Waals surface area contributed by atoms with E-state index in [-0.39, 0.29) is 36.1 Å². The van der Waals surface area contributed by atoms with Crippen LogP contribution in [-0.4, -0.2) is 41.4 Å². The molecule has 0 spiro atoms. The number of hydrogen-bond acceptors (Lipinski definition) is 7. The molecule has 0 bridgehead atoms. The molecular weight excluding hydrogens is 489 g/mol. The number of thioether (sulfide) groups is 1. The first kappa shape index (κ1) is 25.0. The smallest absolute Gasteiger partial charge is 0.307 e. The molecule has 2 aromatic carbocycles. The van der Waals surface area contributed by atoms with Crippen LogP contribution in [0.4, 0.5) is 4.39 Å². The van der Waals surface area contributed by atoms with Crippen LogP contribution in [0.1, 0.15) is 24.5 Å². The molecule has 1 saturated heterocycles. The van der Waals surface area contributed by atoms with Gasteiger partial charge < -0.3 is 14.2 Å². The number of hydrogen-bond donors (Lipinski definition) is 0. The summed E-state index contributed by atoms with van der Waals surface area (Å²) in [6.45, 7) is 2.31. The number of carbonyl (C=O) groups is 2. The third kappa shape index (κ3) is 6.25. The van der Waals surface area contributed by atoms with Crippen LogP contribution in [0.5, 0.6) is 11.5 Å². The first-order valence-electron chi connectivity index (χ1n) is 9.98. The summed E-state index contributed by atoms with van der Waals surface area (Å²) >= 11 is 12.5. The minimum atomic E-state index is -0.452. The van der Waals surface area contributed by atoms with E-state index >= 15 is 0 Å². The van der Waals surface area contributed by atoms with Crippen molar-refractivity contribution in [2.75, 3.05) is 20.3 Å². The van der Waals surface area contributed by atoms with Crippen molar-refractivity contribution in [1.82, 2.24) is 4.90 Å². The Labute approximate surface area is 205 Å². The summed E-state index contributed by atoms with van der Waals surface area (Å²) in [5.74, 6) is -0.284. The van der Waals surface area contributed by atoms with Crippen LogP contribution >= 0.6 is 35.6 Å². The predicted molar refractivity (Wildman–Crippen MR) is 130 cm³/mol. The number of esters is 1. The highest BCUT2D eigenvalue weighted by molar-refractivity contribution is 8.26. The monoisotopic (exact) mass is 509 g/mol. The second kappa shape index (κ2) is 11.5. The average Bonchev–Trinajstić information content (AvgIpc) is 3.05. The molecule has 6 nitrogen and oxygen atoms in total. The van der Waals surface area contributed by atoms with Crippen LogP contribution in [0.15, 0.2) is 41.3 Å². The lowest BCUT2D eigenvalue weighted by molar-refractivity contribution is -0.140. The van der Waals surface area contributed by atoms with Crippen molar-refractivity contribution in [2.45, 2.75) is 20.0 Å². The van der Waals surface area contributed by atoms with Crippen LogP contribution in [0.25, 0.3) is 6.08 Å². The van der Waals surface area contributed by atoms with Crippen LogP contribution in [0.2, 0.25) is 5.02 Å². The zero-order chi connectivity index (χ0) is 24.0. The van der Waals surface area contributed by atoms with Gasteiger partial charge in [0.2, 0.25) is 0 Å². The van der Waals surface area contributed by atoms with Gasteiger partial charge in [-0.05, 0) is 42.8 Å². The van der Waals surface area contributed by atoms with Crippen LogP contribution in [0, 0.1) is 5.82 Å². The van der Waals surface area contributed by atoms with E-state index in [2.05, 4.69) is 4.74 Å². The Morgan fingerprint density at radius 1 is 1.24 bits per heavy atom. The largest absolute Gasteiger partial charge is 0.490 e. The molecule has 0 aromatic heterocycles. The third-order valence-electron chi connectivity index (χ3n) is 4.64. The van der Waals surface area contributed by atoms with E-state index in [0.29, 0.717) is 32.9 Å². The third-order valence-corrected chi connectivity index (χ3v) is 6.37. The summed E-state index contributed by atoms with van der Waals surface area (Å²) in [4.78, 5) is 25.9. The minimum absolute atomic E-state index is 0.0583. The van der Waals surface area contributed by atoms with Crippen molar-refractivity contribution < 1.29 is 28.2 Å². The Kier molecular flexibility index (Phi) is 8.71. The highest BCUT2D eigenvalue weighted by Crippen LogP contribution is 2.35. The molecular formula is C23H21ClFNO5S2. The predicted octanol–water partition coefficient (Wildman–Crippen LogP) is 5.22. The standard InChI is InChI=1S/C23H21ClFNO5S2/c1-3-30-19-11-14(7-8-18(19)31-13-15-16(24)5-4-6-17(15)25)12-20-22(28)26(23(32)33-20)10-9-21(27)29-2/h4-8,11-12H,3,9-10,13H2,1-2H3/b20-12+. The number of amides is 1. The number of benzene rings is 2. The molecule has 0 atom stereocenters. The molecule has 1 aliphatic rings. The Morgan fingerprint density at radius 3 is 2.73 bits per heavy atom. The molecule has 33 heavy (non-hydrogen) atoms. The fraction of sp³-hybridized carbons (Fsp3) is 0.261. The highest BCUT2D eigenvalue weighted by atomic mass is 35.5. The molecule has 1 fully saturated rings. The van der Waals surface area contributed by atoms with E-state index in [1.807, 2.05) is 6.92 Å². The van der Waals surface area contributed by atoms with E-state index in [1.54, 1.807) is 30.3 Å². The molecule has 1 heterocycles. The van der Waals surface area contributed by atoms with Gasteiger partial charge in [0.15, 0.2) is 11.5 Å². The van der Waals surface area contributed by atoms with Crippen molar-refractivity contribution in [3.63, 3.8) is 0 Å². The van der Waals surface area contributed by atoms with Crippen molar-refractivity contribution in [3.05, 3.63) is 63.3 Å². The number of nitrogens with zero attached hydrogens (tertiary/aromatic N) is 1. The fourth-order valence-electron chi connectivity index (χ4n) is 2.97. The Morgan fingerprint density at radius 2 is 2.03 bits per heavy atom. The van der Waals surface area contributed by atoms with Gasteiger partial charge in [0, 0.05) is 12.1 Å². The minimum Gasteiger partial charge on any atom is -0.490 e. The zero-order valence-electron chi connectivity index (χ0n) is 17.9. The SMILES string of the molecule is CCOc1cc(/C=C2/SC(=S)N(CCC(=O)OC)C2=O)ccc1OCc1c(F)cccc1Cl. The van der Waals surface area contributed by atoms with Gasteiger partial charge in [0.05, 0.1) is 30.1 Å². The van der Waals surface area contributed by atoms with Gasteiger partial charge in [-0.3, -0.25) is 14.5 Å². The molecule has 0 aliphatic carbocycles. The molecule has 0 unspecified atom stereocenters. The number of thiocarbonyl (C=S) groups is 1. The van der Waals surface area contributed by atoms with E-state index in [9.17, 15) is 14.0 Å². The molecule has 10 heteroatoms. The van der Waals surface area contributed by atoms with Crippen molar-refractivity contribution in [3.8, 4) is 11.5 Å². The van der Waals surface area contributed by atoms with Crippen LogP contribution in [-0.2, 0) is 20.9 Å². The normalized spacial score (nSPS) is 14.7. The van der Waals surface area contributed by atoms with Crippen LogP contribution < -0.4 is 9.47 Å². The topological polar surface area (TPSA) is 65.1 Å². The zero-order valence-corrected chi connectivity index (χ0v) is 20.3. The van der Waals surface area contributed by atoms with Gasteiger partial charge in [0.25, 0.3) is 5.91 Å². The van der Waals surface area contributed by atoms with E-state index < -0.39 is 11.8 Å². The highest BCUT2D eigenvalue weighted by Gasteiger charge is 2.32. The van der Waals surface area contributed by atoms with E-state index in [4.69, 9.17) is 33.3 Å². The maximum atomic E-state index is 14.0. The molecule has 2 aromatic rings. The molecule has 0 N–H and O–H groups in total. The molecule has 3 rings (SSSR count). The lowest BCUT2D eigenvalue weighted by atomic mass is 10.1. The molecule has 0 saturated carbocycles. The Bertz CT molecular complexity index is 1090.